The molecule has 0 unspecified atom stereocenters. The number of nitrogens with two attached hydrogens (primary N) is 1. The molecular formula is C10H14N8O. The number of imidazole rings is 1. The number of carbonyl (C=O) groups excluding carboxylic acids is 1. The summed E-state index contributed by atoms with van der Waals surface area (Å²) in [5.74, 6) is 0.755. The summed E-state index contributed by atoms with van der Waals surface area (Å²) in [6, 6.07) is 0. The lowest BCUT2D eigenvalue weighted by molar-refractivity contribution is -0.118. The zero-order chi connectivity index (χ0) is 13.7. The Balaban J connectivity index is 2.03. The van der Waals surface area contributed by atoms with Crippen molar-refractivity contribution in [2.24, 2.45) is 0 Å². The van der Waals surface area contributed by atoms with Gasteiger partial charge in [-0.2, -0.15) is 15.0 Å². The summed E-state index contributed by atoms with van der Waals surface area (Å²) in [6.45, 7) is 2.42. The van der Waals surface area contributed by atoms with Crippen LogP contribution in [-0.2, 0) is 4.79 Å². The minimum absolute atomic E-state index is 0.0870. The fraction of sp³-hybridized carbons (Fsp3) is 0.300. The number of hydrogen-bond donors (Lipinski definition) is 3. The van der Waals surface area contributed by atoms with E-state index in [-0.39, 0.29) is 11.9 Å². The van der Waals surface area contributed by atoms with Crippen molar-refractivity contribution < 1.29 is 4.79 Å². The normalized spacial score (nSPS) is 10.2. The van der Waals surface area contributed by atoms with Gasteiger partial charge in [-0.25, -0.2) is 4.98 Å². The van der Waals surface area contributed by atoms with E-state index in [0.29, 0.717) is 25.0 Å². The summed E-state index contributed by atoms with van der Waals surface area (Å²) >= 11 is 0. The number of nitrogens with zero attached hydrogens (tertiary/aromatic N) is 5. The predicted octanol–water partition coefficient (Wildman–Crippen LogP) is -0.812. The van der Waals surface area contributed by atoms with E-state index in [4.69, 9.17) is 5.73 Å². The SMILES string of the molecule is CC(=O)NCCNc1nc(N)nc(-n2ccnc2)n1. The first-order valence-corrected chi connectivity index (χ1v) is 5.63. The summed E-state index contributed by atoms with van der Waals surface area (Å²) in [7, 11) is 0. The number of rotatable bonds is 5. The number of aromatic nitrogens is 5. The highest BCUT2D eigenvalue weighted by Gasteiger charge is 2.05. The summed E-state index contributed by atoms with van der Waals surface area (Å²) in [5.41, 5.74) is 5.61. The second kappa shape index (κ2) is 5.76. The monoisotopic (exact) mass is 262 g/mol. The van der Waals surface area contributed by atoms with Crippen LogP contribution in [0.1, 0.15) is 6.92 Å². The Bertz CT molecular complexity index is 553. The maximum Gasteiger partial charge on any atom is 0.241 e. The van der Waals surface area contributed by atoms with E-state index < -0.39 is 0 Å². The first-order valence-electron chi connectivity index (χ1n) is 5.63. The number of nitrogen functional groups attached to an aromatic ring is 1. The van der Waals surface area contributed by atoms with Gasteiger partial charge in [0.15, 0.2) is 0 Å². The van der Waals surface area contributed by atoms with Crippen LogP contribution in [0, 0.1) is 0 Å². The Hall–Kier alpha value is -2.71. The molecule has 0 aromatic carbocycles. The molecule has 0 fully saturated rings. The summed E-state index contributed by atoms with van der Waals surface area (Å²) in [4.78, 5) is 26.8. The lowest BCUT2D eigenvalue weighted by atomic mass is 10.6. The van der Waals surface area contributed by atoms with E-state index in [0.717, 1.165) is 0 Å². The van der Waals surface area contributed by atoms with Crippen LogP contribution in [0.15, 0.2) is 18.7 Å². The molecule has 0 aliphatic rings. The van der Waals surface area contributed by atoms with Gasteiger partial charge in [-0.1, -0.05) is 0 Å². The van der Waals surface area contributed by atoms with Gasteiger partial charge in [0.25, 0.3) is 0 Å². The van der Waals surface area contributed by atoms with Crippen LogP contribution >= 0.6 is 0 Å². The van der Waals surface area contributed by atoms with Gasteiger partial charge >= 0.3 is 0 Å². The van der Waals surface area contributed by atoms with Gasteiger partial charge in [0, 0.05) is 32.4 Å². The van der Waals surface area contributed by atoms with Gasteiger partial charge in [-0.15, -0.1) is 0 Å². The highest BCUT2D eigenvalue weighted by atomic mass is 16.1. The van der Waals surface area contributed by atoms with Gasteiger partial charge in [0.2, 0.25) is 23.8 Å². The fourth-order valence-electron chi connectivity index (χ4n) is 1.37. The zero-order valence-electron chi connectivity index (χ0n) is 10.4. The molecule has 100 valence electrons. The third-order valence-electron chi connectivity index (χ3n) is 2.16. The Morgan fingerprint density at radius 1 is 1.37 bits per heavy atom. The van der Waals surface area contributed by atoms with Crippen LogP contribution in [0.2, 0.25) is 0 Å². The Labute approximate surface area is 109 Å². The molecule has 4 N–H and O–H groups in total. The van der Waals surface area contributed by atoms with Crippen molar-refractivity contribution in [2.75, 3.05) is 24.1 Å². The molecule has 2 aromatic rings. The molecule has 0 saturated heterocycles. The van der Waals surface area contributed by atoms with Crippen LogP contribution in [0.5, 0.6) is 0 Å². The maximum absolute atomic E-state index is 10.7. The molecule has 0 spiro atoms. The van der Waals surface area contributed by atoms with Gasteiger partial charge in [-0.05, 0) is 0 Å². The van der Waals surface area contributed by atoms with Crippen LogP contribution < -0.4 is 16.4 Å². The quantitative estimate of drug-likeness (QED) is 0.602. The van der Waals surface area contributed by atoms with Crippen LogP contribution in [0.3, 0.4) is 0 Å². The van der Waals surface area contributed by atoms with E-state index in [1.54, 1.807) is 23.3 Å². The molecule has 2 heterocycles. The number of amides is 1. The molecule has 2 aromatic heterocycles. The Morgan fingerprint density at radius 2 is 2.21 bits per heavy atom. The van der Waals surface area contributed by atoms with Gasteiger partial charge < -0.3 is 16.4 Å². The van der Waals surface area contributed by atoms with E-state index in [1.165, 1.54) is 6.92 Å². The highest BCUT2D eigenvalue weighted by molar-refractivity contribution is 5.72. The summed E-state index contributed by atoms with van der Waals surface area (Å²) in [5, 5.41) is 5.61. The topological polar surface area (TPSA) is 124 Å². The van der Waals surface area contributed by atoms with E-state index in [2.05, 4.69) is 30.6 Å². The third kappa shape index (κ3) is 3.63. The standard InChI is InChI=1S/C10H14N8O/c1-7(19)13-2-3-14-9-15-8(11)16-10(17-9)18-5-4-12-6-18/h4-6H,2-3H2,1H3,(H,13,19)(H3,11,14,15,16,17). The van der Waals surface area contributed by atoms with Crippen molar-refractivity contribution >= 4 is 17.8 Å². The average molecular weight is 262 g/mol. The van der Waals surface area contributed by atoms with Crippen molar-refractivity contribution in [3.8, 4) is 5.95 Å². The predicted molar refractivity (Wildman–Crippen MR) is 68.5 cm³/mol. The first-order chi connectivity index (χ1) is 9.15. The van der Waals surface area contributed by atoms with E-state index in [9.17, 15) is 4.79 Å². The second-order valence-corrected chi connectivity index (χ2v) is 3.70. The molecular weight excluding hydrogens is 248 g/mol. The third-order valence-corrected chi connectivity index (χ3v) is 2.16. The molecule has 1 amide bonds. The number of carbonyl (C=O) groups is 1. The van der Waals surface area contributed by atoms with Crippen LogP contribution in [-0.4, -0.2) is 43.5 Å². The largest absolute Gasteiger partial charge is 0.368 e. The number of hydrogen-bond acceptors (Lipinski definition) is 7. The molecule has 0 aliphatic heterocycles. The van der Waals surface area contributed by atoms with Crippen molar-refractivity contribution in [2.45, 2.75) is 6.92 Å². The molecule has 0 bridgehead atoms. The van der Waals surface area contributed by atoms with E-state index >= 15 is 0 Å². The van der Waals surface area contributed by atoms with Crippen molar-refractivity contribution in [3.63, 3.8) is 0 Å². The summed E-state index contributed by atoms with van der Waals surface area (Å²) < 4.78 is 1.62. The Morgan fingerprint density at radius 3 is 2.89 bits per heavy atom. The first kappa shape index (κ1) is 12.7. The number of nitrogens with one attached hydrogen (secondary N) is 2. The fourth-order valence-corrected chi connectivity index (χ4v) is 1.37. The van der Waals surface area contributed by atoms with Crippen molar-refractivity contribution in [3.05, 3.63) is 18.7 Å². The van der Waals surface area contributed by atoms with Crippen molar-refractivity contribution in [1.29, 1.82) is 0 Å². The molecule has 2 rings (SSSR count). The lowest BCUT2D eigenvalue weighted by Crippen LogP contribution is -2.26. The average Bonchev–Trinajstić information content (AvgIpc) is 2.87. The van der Waals surface area contributed by atoms with Gasteiger partial charge in [-0.3, -0.25) is 9.36 Å². The zero-order valence-corrected chi connectivity index (χ0v) is 10.4. The van der Waals surface area contributed by atoms with Crippen LogP contribution in [0.25, 0.3) is 5.95 Å². The molecule has 9 nitrogen and oxygen atoms in total. The van der Waals surface area contributed by atoms with E-state index in [1.807, 2.05) is 0 Å². The molecule has 0 atom stereocenters. The molecule has 9 heteroatoms. The second-order valence-electron chi connectivity index (χ2n) is 3.70. The minimum atomic E-state index is -0.0870. The van der Waals surface area contributed by atoms with Crippen molar-refractivity contribution in [1.82, 2.24) is 29.8 Å². The molecule has 0 saturated carbocycles. The summed E-state index contributed by atoms with van der Waals surface area (Å²) in [6.07, 6.45) is 4.88. The smallest absolute Gasteiger partial charge is 0.241 e. The molecule has 0 radical (unpaired) electrons. The van der Waals surface area contributed by atoms with Gasteiger partial charge in [0.05, 0.1) is 0 Å². The Kier molecular flexibility index (Phi) is 3.86. The van der Waals surface area contributed by atoms with Gasteiger partial charge in [0.1, 0.15) is 6.33 Å². The molecule has 19 heavy (non-hydrogen) atoms. The van der Waals surface area contributed by atoms with Crippen LogP contribution in [0.4, 0.5) is 11.9 Å². The molecule has 0 aliphatic carbocycles. The lowest BCUT2D eigenvalue weighted by Gasteiger charge is -2.07. The number of anilines is 2. The maximum atomic E-state index is 10.7. The highest BCUT2D eigenvalue weighted by Crippen LogP contribution is 2.06. The minimum Gasteiger partial charge on any atom is -0.368 e.